The average Bonchev–Trinajstić information content (AvgIpc) is 3.85. The number of aromatic nitrogens is 1. The second kappa shape index (κ2) is 16.1. The average molecular weight is 785 g/mol. The van der Waals surface area contributed by atoms with E-state index in [1.54, 1.807) is 19.1 Å². The molecule has 13 heteroatoms. The van der Waals surface area contributed by atoms with Crippen LogP contribution >= 0.6 is 0 Å². The van der Waals surface area contributed by atoms with E-state index in [0.29, 0.717) is 53.2 Å². The lowest BCUT2D eigenvalue weighted by atomic mass is 9.80. The lowest BCUT2D eigenvalue weighted by Gasteiger charge is -2.36. The number of anilines is 1. The molecule has 8 nitrogen and oxygen atoms in total. The molecule has 1 aliphatic rings. The van der Waals surface area contributed by atoms with Gasteiger partial charge in [-0.2, -0.15) is 0 Å². The number of carbonyl (C=O) groups is 2. The van der Waals surface area contributed by atoms with Gasteiger partial charge in [0.25, 0.3) is 0 Å². The minimum atomic E-state index is -2.35. The predicted octanol–water partition coefficient (Wildman–Crippen LogP) is 9.50. The largest absolute Gasteiger partial charge is 0.497 e. The van der Waals surface area contributed by atoms with Crippen molar-refractivity contribution in [2.75, 3.05) is 32.3 Å². The Labute approximate surface area is 324 Å². The van der Waals surface area contributed by atoms with Crippen molar-refractivity contribution in [1.82, 2.24) is 4.57 Å². The number of carboxylic acids is 1. The van der Waals surface area contributed by atoms with E-state index in [1.165, 1.54) is 12.1 Å². The van der Waals surface area contributed by atoms with Gasteiger partial charge in [-0.25, -0.2) is 26.7 Å². The van der Waals surface area contributed by atoms with Crippen LogP contribution in [0.3, 0.4) is 0 Å². The third-order valence-corrected chi connectivity index (χ3v) is 10.4. The Bertz CT molecular complexity index is 2380. The number of carbonyl (C=O) groups excluding carboxylic acids is 1. The zero-order valence-electron chi connectivity index (χ0n) is 31.0. The van der Waals surface area contributed by atoms with Crippen LogP contribution in [0.25, 0.3) is 16.6 Å². The van der Waals surface area contributed by atoms with Crippen molar-refractivity contribution in [2.45, 2.75) is 37.7 Å². The van der Waals surface area contributed by atoms with Crippen LogP contribution in [0, 0.1) is 29.1 Å². The molecule has 5 aromatic carbocycles. The maximum absolute atomic E-state index is 14.9. The van der Waals surface area contributed by atoms with Crippen molar-refractivity contribution in [1.29, 1.82) is 0 Å². The Balaban J connectivity index is 1.08. The monoisotopic (exact) mass is 784 g/mol. The van der Waals surface area contributed by atoms with Crippen molar-refractivity contribution in [3.63, 3.8) is 0 Å². The molecule has 1 amide bonds. The lowest BCUT2D eigenvalue weighted by molar-refractivity contribution is -0.118. The Hall–Kier alpha value is -6.21. The molecule has 7 rings (SSSR count). The molecule has 0 unspecified atom stereocenters. The first kappa shape index (κ1) is 39.0. The topological polar surface area (TPSA) is 90.2 Å². The standard InChI is InChI=1S/C44H37F5N2O6/c1-55-29-16-12-27(13-17-29)44(26-9-5-3-6-10-26,28-14-18-30(56-2)19-15-28)57-24-8-4-7-11-36(52)50-23-22-31-32-25-35(43(53)54)51(34(32)21-20-33(31)50)42-40(48)38(46)37(45)39(47)41(42)49/h3,5-6,9-10,12-21,25H,4,7-8,11,22-24H2,1-2H3,(H,53,54). The molecule has 0 bridgehead atoms. The highest BCUT2D eigenvalue weighted by Gasteiger charge is 2.38. The number of unbranched alkanes of at least 4 members (excludes halogenated alkanes) is 2. The number of benzene rings is 5. The zero-order valence-corrected chi connectivity index (χ0v) is 31.0. The van der Waals surface area contributed by atoms with E-state index in [9.17, 15) is 36.6 Å². The van der Waals surface area contributed by atoms with Crippen LogP contribution in [-0.2, 0) is 21.6 Å². The van der Waals surface area contributed by atoms with E-state index in [2.05, 4.69) is 0 Å². The quantitative estimate of drug-likeness (QED) is 0.0389. The normalized spacial score (nSPS) is 12.6. The Morgan fingerprint density at radius 3 is 1.82 bits per heavy atom. The van der Waals surface area contributed by atoms with E-state index >= 15 is 0 Å². The van der Waals surface area contributed by atoms with Crippen LogP contribution < -0.4 is 14.4 Å². The molecular weight excluding hydrogens is 747 g/mol. The van der Waals surface area contributed by atoms with Gasteiger partial charge < -0.3 is 24.2 Å². The van der Waals surface area contributed by atoms with Crippen LogP contribution in [0.2, 0.25) is 0 Å². The summed E-state index contributed by atoms with van der Waals surface area (Å²) in [6, 6.07) is 29.3. The number of hydrogen-bond donors (Lipinski definition) is 1. The molecule has 2 heterocycles. The molecule has 0 spiro atoms. The SMILES string of the molecule is COc1ccc(C(OCCCCCC(=O)N2CCc3c2ccc2c3cc(C(=O)O)n2-c2c(F)c(F)c(F)c(F)c2F)(c2ccccc2)c2ccc(OC)cc2)cc1. The van der Waals surface area contributed by atoms with E-state index in [4.69, 9.17) is 14.2 Å². The number of nitrogens with zero attached hydrogens (tertiary/aromatic N) is 2. The summed E-state index contributed by atoms with van der Waals surface area (Å²) in [5, 5.41) is 10.1. The van der Waals surface area contributed by atoms with Crippen LogP contribution in [0.15, 0.2) is 97.1 Å². The van der Waals surface area contributed by atoms with Crippen molar-refractivity contribution >= 4 is 28.5 Å². The summed E-state index contributed by atoms with van der Waals surface area (Å²) in [6.07, 6.45) is 2.32. The highest BCUT2D eigenvalue weighted by molar-refractivity contribution is 6.03. The smallest absolute Gasteiger partial charge is 0.352 e. The summed E-state index contributed by atoms with van der Waals surface area (Å²) >= 11 is 0. The molecule has 0 saturated heterocycles. The molecule has 0 atom stereocenters. The summed E-state index contributed by atoms with van der Waals surface area (Å²) in [4.78, 5) is 27.3. The first-order chi connectivity index (χ1) is 27.5. The van der Waals surface area contributed by atoms with E-state index in [-0.39, 0.29) is 36.2 Å². The number of rotatable bonds is 14. The molecule has 0 saturated carbocycles. The number of carboxylic acid groups (broad SMARTS) is 1. The fourth-order valence-electron chi connectivity index (χ4n) is 7.62. The summed E-state index contributed by atoms with van der Waals surface area (Å²) in [6.45, 7) is 0.618. The van der Waals surface area contributed by atoms with Gasteiger partial charge in [-0.05, 0) is 84.0 Å². The van der Waals surface area contributed by atoms with Crippen molar-refractivity contribution in [2.24, 2.45) is 0 Å². The van der Waals surface area contributed by atoms with Crippen LogP contribution in [0.1, 0.15) is 58.4 Å². The highest BCUT2D eigenvalue weighted by atomic mass is 19.2. The third-order valence-electron chi connectivity index (χ3n) is 10.4. The van der Waals surface area contributed by atoms with Crippen LogP contribution in [0.4, 0.5) is 27.6 Å². The molecule has 57 heavy (non-hydrogen) atoms. The first-order valence-corrected chi connectivity index (χ1v) is 18.2. The summed E-state index contributed by atoms with van der Waals surface area (Å²) in [5.41, 5.74) is 0.560. The molecule has 0 radical (unpaired) electrons. The van der Waals surface area contributed by atoms with Crippen LogP contribution in [0.5, 0.6) is 11.5 Å². The minimum Gasteiger partial charge on any atom is -0.497 e. The molecule has 1 aromatic heterocycles. The summed E-state index contributed by atoms with van der Waals surface area (Å²) < 4.78 is 90.3. The van der Waals surface area contributed by atoms with E-state index < -0.39 is 52.0 Å². The van der Waals surface area contributed by atoms with Gasteiger partial charge in [-0.1, -0.05) is 61.0 Å². The first-order valence-electron chi connectivity index (χ1n) is 18.2. The Morgan fingerprint density at radius 1 is 0.702 bits per heavy atom. The van der Waals surface area contributed by atoms with Crippen molar-refractivity contribution in [3.8, 4) is 17.2 Å². The van der Waals surface area contributed by atoms with Gasteiger partial charge in [0, 0.05) is 30.6 Å². The molecule has 1 N–H and O–H groups in total. The van der Waals surface area contributed by atoms with Gasteiger partial charge in [0.2, 0.25) is 11.7 Å². The molecule has 1 aliphatic heterocycles. The van der Waals surface area contributed by atoms with Crippen molar-refractivity contribution < 1.29 is 50.9 Å². The number of fused-ring (bicyclic) bond motifs is 3. The van der Waals surface area contributed by atoms with Crippen molar-refractivity contribution in [3.05, 3.63) is 154 Å². The van der Waals surface area contributed by atoms with E-state index in [0.717, 1.165) is 22.8 Å². The number of ether oxygens (including phenoxy) is 3. The van der Waals surface area contributed by atoms with Gasteiger partial charge in [0.05, 0.1) is 19.7 Å². The fraction of sp³-hybridized carbons (Fsp3) is 0.227. The minimum absolute atomic E-state index is 0.0838. The lowest BCUT2D eigenvalue weighted by Crippen LogP contribution is -2.33. The number of aromatic carboxylic acids is 1. The number of amides is 1. The number of hydrogen-bond acceptors (Lipinski definition) is 5. The maximum atomic E-state index is 14.9. The zero-order chi connectivity index (χ0) is 40.4. The Morgan fingerprint density at radius 2 is 1.26 bits per heavy atom. The second-order valence-electron chi connectivity index (χ2n) is 13.5. The van der Waals surface area contributed by atoms with Gasteiger partial charge in [0.1, 0.15) is 28.5 Å². The highest BCUT2D eigenvalue weighted by Crippen LogP contribution is 2.43. The molecule has 294 valence electrons. The Kier molecular flexibility index (Phi) is 11.0. The number of halogens is 5. The molecule has 0 fully saturated rings. The predicted molar refractivity (Wildman–Crippen MR) is 203 cm³/mol. The van der Waals surface area contributed by atoms with Gasteiger partial charge in [-0.15, -0.1) is 0 Å². The maximum Gasteiger partial charge on any atom is 0.352 e. The van der Waals surface area contributed by atoms with Gasteiger partial charge in [-0.3, -0.25) is 9.36 Å². The van der Waals surface area contributed by atoms with E-state index in [1.807, 2.05) is 78.9 Å². The number of methoxy groups -OCH3 is 2. The van der Waals surface area contributed by atoms with Crippen LogP contribution in [-0.4, -0.2) is 48.9 Å². The third kappa shape index (κ3) is 6.96. The summed E-state index contributed by atoms with van der Waals surface area (Å²) in [7, 11) is 3.22. The fourth-order valence-corrected chi connectivity index (χ4v) is 7.62. The molecular formula is C44H37F5N2O6. The van der Waals surface area contributed by atoms with Gasteiger partial charge in [0.15, 0.2) is 23.3 Å². The summed E-state index contributed by atoms with van der Waals surface area (Å²) in [5.74, 6) is -11.5. The molecule has 6 aromatic rings. The van der Waals surface area contributed by atoms with Gasteiger partial charge >= 0.3 is 5.97 Å². The molecule has 0 aliphatic carbocycles. The second-order valence-corrected chi connectivity index (χ2v) is 13.5.